The quantitative estimate of drug-likeness (QED) is 0.529. The molecule has 182 valence electrons. The molecule has 0 unspecified atom stereocenters. The van der Waals surface area contributed by atoms with E-state index >= 15 is 0 Å². The van der Waals surface area contributed by atoms with Crippen LogP contribution in [0.5, 0.6) is 5.88 Å². The summed E-state index contributed by atoms with van der Waals surface area (Å²) < 4.78 is 10.2. The molecule has 6 nitrogen and oxygen atoms in total. The lowest BCUT2D eigenvalue weighted by molar-refractivity contribution is -0.142. The Balaban J connectivity index is 0. The van der Waals surface area contributed by atoms with Crippen LogP contribution in [0.4, 0.5) is 0 Å². The Bertz CT molecular complexity index is 788. The van der Waals surface area contributed by atoms with Gasteiger partial charge in [-0.25, -0.2) is 4.98 Å². The number of nitrogens with one attached hydrogen (secondary N) is 1. The van der Waals surface area contributed by atoms with E-state index in [1.165, 1.54) is 19.1 Å². The molecule has 0 aliphatic rings. The number of nitrogens with zero attached hydrogens (tertiary/aromatic N) is 1. The molecule has 32 heavy (non-hydrogen) atoms. The lowest BCUT2D eigenvalue weighted by atomic mass is 9.93. The number of rotatable bonds is 7. The third-order valence-corrected chi connectivity index (χ3v) is 3.99. The van der Waals surface area contributed by atoms with Gasteiger partial charge in [0.25, 0.3) is 0 Å². The topological polar surface area (TPSA) is 77.5 Å². The normalized spacial score (nSPS) is 9.69. The number of hydrogen-bond acceptors (Lipinski definition) is 5. The van der Waals surface area contributed by atoms with Crippen LogP contribution < -0.4 is 10.1 Å². The number of fused-ring (bicyclic) bond motifs is 1. The number of esters is 1. The van der Waals surface area contributed by atoms with E-state index in [4.69, 9.17) is 4.74 Å². The SMILES string of the molecule is CC.CC.CCC.CCc1ccc2cnc(OCC(C)(C)C(=O)NCC(=O)OC)cc2c1. The molecule has 0 aliphatic carbocycles. The zero-order valence-electron chi connectivity index (χ0n) is 21.8. The number of aryl methyl sites for hydroxylation is 1. The molecule has 0 aliphatic heterocycles. The van der Waals surface area contributed by atoms with Crippen molar-refractivity contribution in [3.05, 3.63) is 36.0 Å². The number of amides is 1. The highest BCUT2D eigenvalue weighted by atomic mass is 16.5. The second kappa shape index (κ2) is 18.0. The van der Waals surface area contributed by atoms with Gasteiger partial charge in [-0.3, -0.25) is 9.59 Å². The van der Waals surface area contributed by atoms with Crippen LogP contribution in [0.3, 0.4) is 0 Å². The van der Waals surface area contributed by atoms with E-state index in [9.17, 15) is 9.59 Å². The number of hydrogen-bond donors (Lipinski definition) is 1. The Morgan fingerprint density at radius 3 is 2.12 bits per heavy atom. The van der Waals surface area contributed by atoms with Crippen molar-refractivity contribution in [3.8, 4) is 5.88 Å². The third kappa shape index (κ3) is 11.7. The van der Waals surface area contributed by atoms with Gasteiger partial charge in [-0.05, 0) is 31.2 Å². The van der Waals surface area contributed by atoms with Crippen molar-refractivity contribution in [3.63, 3.8) is 0 Å². The molecule has 2 rings (SSSR count). The molecule has 1 heterocycles. The van der Waals surface area contributed by atoms with E-state index in [-0.39, 0.29) is 19.1 Å². The van der Waals surface area contributed by atoms with Crippen LogP contribution in [0.2, 0.25) is 0 Å². The summed E-state index contributed by atoms with van der Waals surface area (Å²) in [6.45, 7) is 17.8. The van der Waals surface area contributed by atoms with Crippen molar-refractivity contribution in [1.29, 1.82) is 0 Å². The van der Waals surface area contributed by atoms with Crippen LogP contribution in [0.15, 0.2) is 30.5 Å². The third-order valence-electron chi connectivity index (χ3n) is 3.99. The van der Waals surface area contributed by atoms with E-state index in [1.807, 2.05) is 39.8 Å². The van der Waals surface area contributed by atoms with Crippen LogP contribution in [-0.2, 0) is 20.7 Å². The molecule has 0 saturated carbocycles. The zero-order chi connectivity index (χ0) is 25.2. The fourth-order valence-electron chi connectivity index (χ4n) is 2.25. The summed E-state index contributed by atoms with van der Waals surface area (Å²) in [6, 6.07) is 8.10. The number of methoxy groups -OCH3 is 1. The fraction of sp³-hybridized carbons (Fsp3) is 0.577. The minimum absolute atomic E-state index is 0.145. The summed E-state index contributed by atoms with van der Waals surface area (Å²) in [5.41, 5.74) is 0.433. The molecule has 0 fully saturated rings. The second-order valence-corrected chi connectivity index (χ2v) is 7.20. The van der Waals surface area contributed by atoms with Gasteiger partial charge >= 0.3 is 5.97 Å². The van der Waals surface area contributed by atoms with E-state index in [2.05, 4.69) is 47.9 Å². The van der Waals surface area contributed by atoms with Crippen molar-refractivity contribution in [1.82, 2.24) is 10.3 Å². The van der Waals surface area contributed by atoms with Gasteiger partial charge < -0.3 is 14.8 Å². The van der Waals surface area contributed by atoms with Crippen LogP contribution in [0.1, 0.15) is 74.3 Å². The van der Waals surface area contributed by atoms with Crippen LogP contribution in [0, 0.1) is 5.41 Å². The maximum Gasteiger partial charge on any atom is 0.325 e. The van der Waals surface area contributed by atoms with Gasteiger partial charge in [-0.15, -0.1) is 0 Å². The van der Waals surface area contributed by atoms with E-state index < -0.39 is 11.4 Å². The summed E-state index contributed by atoms with van der Waals surface area (Å²) in [6.07, 6.45) is 3.97. The number of benzene rings is 1. The molecular weight excluding hydrogens is 404 g/mol. The molecule has 1 amide bonds. The first-order valence-corrected chi connectivity index (χ1v) is 11.6. The van der Waals surface area contributed by atoms with Gasteiger partial charge in [0.1, 0.15) is 13.2 Å². The van der Waals surface area contributed by atoms with Gasteiger partial charge in [0.05, 0.1) is 12.5 Å². The number of aromatic nitrogens is 1. The predicted molar refractivity (Wildman–Crippen MR) is 134 cm³/mol. The molecule has 2 aromatic rings. The smallest absolute Gasteiger partial charge is 0.325 e. The maximum atomic E-state index is 12.2. The molecule has 0 saturated heterocycles. The van der Waals surface area contributed by atoms with Crippen molar-refractivity contribution in [2.45, 2.75) is 75.2 Å². The highest BCUT2D eigenvalue weighted by Gasteiger charge is 2.29. The summed E-state index contributed by atoms with van der Waals surface area (Å²) in [4.78, 5) is 27.6. The Labute approximate surface area is 195 Å². The van der Waals surface area contributed by atoms with Gasteiger partial charge in [-0.1, -0.05) is 73.1 Å². The number of carbonyl (C=O) groups excluding carboxylic acids is 2. The van der Waals surface area contributed by atoms with Crippen LogP contribution in [-0.4, -0.2) is 37.1 Å². The first-order chi connectivity index (χ1) is 15.3. The molecule has 0 spiro atoms. The second-order valence-electron chi connectivity index (χ2n) is 7.20. The summed E-state index contributed by atoms with van der Waals surface area (Å²) in [5.74, 6) is -0.311. The van der Waals surface area contributed by atoms with E-state index in [0.29, 0.717) is 5.88 Å². The number of carbonyl (C=O) groups is 2. The minimum Gasteiger partial charge on any atom is -0.477 e. The largest absolute Gasteiger partial charge is 0.477 e. The lowest BCUT2D eigenvalue weighted by Crippen LogP contribution is -2.43. The highest BCUT2D eigenvalue weighted by Crippen LogP contribution is 2.22. The van der Waals surface area contributed by atoms with Crippen LogP contribution >= 0.6 is 0 Å². The Kier molecular flexibility index (Phi) is 17.7. The maximum absolute atomic E-state index is 12.2. The van der Waals surface area contributed by atoms with Crippen molar-refractivity contribution >= 4 is 22.6 Å². The molecule has 0 radical (unpaired) electrons. The summed E-state index contributed by atoms with van der Waals surface area (Å²) >= 11 is 0. The predicted octanol–water partition coefficient (Wildman–Crippen LogP) is 5.96. The standard InChI is InChI=1S/C19H24N2O4.C3H8.2C2H6/c1-5-13-6-7-14-10-20-16(9-15(14)8-13)25-12-19(2,3)18(23)21-11-17(22)24-4;1-3-2;2*1-2/h6-10H,5,11-12H2,1-4H3,(H,21,23);3H2,1-2H3;2*1-2H3. The zero-order valence-corrected chi connectivity index (χ0v) is 21.8. The van der Waals surface area contributed by atoms with Gasteiger partial charge in [0, 0.05) is 17.6 Å². The first-order valence-electron chi connectivity index (χ1n) is 11.6. The molecule has 1 aromatic carbocycles. The molecular formula is C26H44N2O4. The fourth-order valence-corrected chi connectivity index (χ4v) is 2.25. The molecule has 1 aromatic heterocycles. The minimum atomic E-state index is -0.810. The summed E-state index contributed by atoms with van der Waals surface area (Å²) in [7, 11) is 1.28. The Hall–Kier alpha value is -2.63. The highest BCUT2D eigenvalue weighted by molar-refractivity contribution is 5.86. The van der Waals surface area contributed by atoms with Gasteiger partial charge in [0.2, 0.25) is 11.8 Å². The molecule has 1 N–H and O–H groups in total. The van der Waals surface area contributed by atoms with Crippen LogP contribution in [0.25, 0.3) is 10.8 Å². The van der Waals surface area contributed by atoms with E-state index in [0.717, 1.165) is 17.2 Å². The number of pyridine rings is 1. The van der Waals surface area contributed by atoms with Gasteiger partial charge in [-0.2, -0.15) is 0 Å². The molecule has 6 heteroatoms. The average molecular weight is 449 g/mol. The Morgan fingerprint density at radius 2 is 1.59 bits per heavy atom. The van der Waals surface area contributed by atoms with Crippen molar-refractivity contribution in [2.24, 2.45) is 5.41 Å². The van der Waals surface area contributed by atoms with Crippen molar-refractivity contribution in [2.75, 3.05) is 20.3 Å². The van der Waals surface area contributed by atoms with Crippen molar-refractivity contribution < 1.29 is 19.1 Å². The Morgan fingerprint density at radius 1 is 1.00 bits per heavy atom. The first kappa shape index (κ1) is 31.6. The molecule has 0 bridgehead atoms. The number of ether oxygens (including phenoxy) is 2. The van der Waals surface area contributed by atoms with E-state index in [1.54, 1.807) is 20.0 Å². The average Bonchev–Trinajstić information content (AvgIpc) is 2.83. The lowest BCUT2D eigenvalue weighted by Gasteiger charge is -2.23. The molecule has 0 atom stereocenters. The summed E-state index contributed by atoms with van der Waals surface area (Å²) in [5, 5.41) is 4.64. The monoisotopic (exact) mass is 448 g/mol. The van der Waals surface area contributed by atoms with Gasteiger partial charge in [0.15, 0.2) is 0 Å².